The van der Waals surface area contributed by atoms with Crippen molar-refractivity contribution >= 4 is 22.7 Å². The van der Waals surface area contributed by atoms with E-state index in [2.05, 4.69) is 54.2 Å². The molecule has 0 aliphatic heterocycles. The average Bonchev–Trinajstić information content (AvgIpc) is 2.91. The molecule has 0 bridgehead atoms. The fraction of sp³-hybridized carbons (Fsp3) is 0.333. The maximum Gasteiger partial charge on any atom is 0.0391 e. The van der Waals surface area contributed by atoms with E-state index in [-0.39, 0.29) is 0 Å². The van der Waals surface area contributed by atoms with Gasteiger partial charge in [-0.3, -0.25) is 0 Å². The number of hydrogen-bond donors (Lipinski definition) is 1. The monoisotopic (exact) mass is 237 g/mol. The number of nitrogens with one attached hydrogen (secondary N) is 1. The first-order chi connectivity index (χ1) is 7.27. The summed E-state index contributed by atoms with van der Waals surface area (Å²) in [6, 6.07) is 9.44. The molecule has 3 heteroatoms. The van der Waals surface area contributed by atoms with Gasteiger partial charge in [0.05, 0.1) is 0 Å². The minimum atomic E-state index is 0.432. The van der Waals surface area contributed by atoms with Gasteiger partial charge >= 0.3 is 0 Å². The molecule has 2 aromatic heterocycles. The van der Waals surface area contributed by atoms with E-state index < -0.39 is 0 Å². The summed E-state index contributed by atoms with van der Waals surface area (Å²) in [5, 5.41) is 7.86. The molecule has 0 amide bonds. The Morgan fingerprint density at radius 3 is 1.73 bits per heavy atom. The molecule has 0 fully saturated rings. The van der Waals surface area contributed by atoms with Crippen molar-refractivity contribution in [2.75, 3.05) is 0 Å². The molecule has 15 heavy (non-hydrogen) atoms. The molecule has 2 rings (SSSR count). The Hall–Kier alpha value is -0.640. The second-order valence-corrected chi connectivity index (χ2v) is 5.60. The van der Waals surface area contributed by atoms with Gasteiger partial charge in [-0.2, -0.15) is 0 Å². The highest BCUT2D eigenvalue weighted by Gasteiger charge is 2.11. The minimum absolute atomic E-state index is 0.432. The Kier molecular flexibility index (Phi) is 3.57. The maximum atomic E-state index is 3.61. The summed E-state index contributed by atoms with van der Waals surface area (Å²) in [4.78, 5) is 2.80. The van der Waals surface area contributed by atoms with Gasteiger partial charge in [0.25, 0.3) is 0 Å². The van der Waals surface area contributed by atoms with Crippen LogP contribution in [0.1, 0.15) is 35.7 Å². The van der Waals surface area contributed by atoms with E-state index in [1.165, 1.54) is 9.75 Å². The molecule has 80 valence electrons. The molecular formula is C12H15NS2. The molecular weight excluding hydrogens is 222 g/mol. The van der Waals surface area contributed by atoms with Gasteiger partial charge in [0, 0.05) is 21.8 Å². The Balaban J connectivity index is 1.98. The third-order valence-electron chi connectivity index (χ3n) is 2.44. The zero-order valence-corrected chi connectivity index (χ0v) is 10.6. The normalized spacial score (nSPS) is 15.1. The molecule has 1 nitrogen and oxygen atoms in total. The van der Waals surface area contributed by atoms with Crippen LogP contribution < -0.4 is 5.32 Å². The molecule has 0 saturated carbocycles. The first-order valence-corrected chi connectivity index (χ1v) is 6.86. The lowest BCUT2D eigenvalue weighted by Crippen LogP contribution is -2.20. The van der Waals surface area contributed by atoms with Crippen molar-refractivity contribution in [3.63, 3.8) is 0 Å². The minimum Gasteiger partial charge on any atom is -0.302 e. The van der Waals surface area contributed by atoms with Crippen LogP contribution in [0.5, 0.6) is 0 Å². The maximum absolute atomic E-state index is 3.61. The van der Waals surface area contributed by atoms with Crippen LogP contribution in [-0.2, 0) is 0 Å². The molecule has 2 unspecified atom stereocenters. The third-order valence-corrected chi connectivity index (χ3v) is 4.55. The fourth-order valence-electron chi connectivity index (χ4n) is 1.61. The van der Waals surface area contributed by atoms with Crippen molar-refractivity contribution in [3.8, 4) is 0 Å². The average molecular weight is 237 g/mol. The van der Waals surface area contributed by atoms with Gasteiger partial charge in [-0.25, -0.2) is 0 Å². The predicted octanol–water partition coefficient (Wildman–Crippen LogP) is 4.22. The highest BCUT2D eigenvalue weighted by atomic mass is 32.1. The molecule has 2 aromatic rings. The molecule has 0 aliphatic carbocycles. The lowest BCUT2D eigenvalue weighted by Gasteiger charge is -2.17. The molecule has 0 aliphatic rings. The number of hydrogen-bond acceptors (Lipinski definition) is 3. The first-order valence-electron chi connectivity index (χ1n) is 5.10. The second kappa shape index (κ2) is 4.92. The summed E-state index contributed by atoms with van der Waals surface area (Å²) in [6.07, 6.45) is 0. The van der Waals surface area contributed by atoms with Crippen LogP contribution in [0.15, 0.2) is 35.0 Å². The van der Waals surface area contributed by atoms with Crippen LogP contribution in [0.2, 0.25) is 0 Å². The largest absolute Gasteiger partial charge is 0.302 e. The van der Waals surface area contributed by atoms with Crippen molar-refractivity contribution in [3.05, 3.63) is 44.8 Å². The number of thiophene rings is 2. The van der Waals surface area contributed by atoms with Crippen molar-refractivity contribution in [1.82, 2.24) is 5.32 Å². The van der Waals surface area contributed by atoms with Crippen molar-refractivity contribution in [2.24, 2.45) is 0 Å². The van der Waals surface area contributed by atoms with Gasteiger partial charge in [0.15, 0.2) is 0 Å². The SMILES string of the molecule is CC(NC(C)c1cccs1)c1cccs1. The van der Waals surface area contributed by atoms with E-state index in [0.717, 1.165) is 0 Å². The molecule has 0 aromatic carbocycles. The smallest absolute Gasteiger partial charge is 0.0391 e. The number of rotatable bonds is 4. The Morgan fingerprint density at radius 2 is 1.40 bits per heavy atom. The fourth-order valence-corrected chi connectivity index (χ4v) is 3.10. The lowest BCUT2D eigenvalue weighted by molar-refractivity contribution is 0.506. The van der Waals surface area contributed by atoms with E-state index in [4.69, 9.17) is 0 Å². The first kappa shape index (κ1) is 10.9. The van der Waals surface area contributed by atoms with Gasteiger partial charge in [-0.05, 0) is 36.7 Å². The Morgan fingerprint density at radius 1 is 0.933 bits per heavy atom. The van der Waals surface area contributed by atoms with E-state index in [1.54, 1.807) is 0 Å². The van der Waals surface area contributed by atoms with Gasteiger partial charge < -0.3 is 5.32 Å². The molecule has 0 radical (unpaired) electrons. The van der Waals surface area contributed by atoms with Crippen molar-refractivity contribution in [1.29, 1.82) is 0 Å². The van der Waals surface area contributed by atoms with Crippen LogP contribution in [0.4, 0.5) is 0 Å². The van der Waals surface area contributed by atoms with Crippen LogP contribution in [0.3, 0.4) is 0 Å². The topological polar surface area (TPSA) is 12.0 Å². The summed E-state index contributed by atoms with van der Waals surface area (Å²) >= 11 is 3.62. The third kappa shape index (κ3) is 2.68. The molecule has 2 heterocycles. The Bertz CT molecular complexity index is 339. The Labute approximate surface area is 98.8 Å². The summed E-state index contributed by atoms with van der Waals surface area (Å²) < 4.78 is 0. The zero-order chi connectivity index (χ0) is 10.7. The van der Waals surface area contributed by atoms with Gasteiger partial charge in [-0.1, -0.05) is 12.1 Å². The van der Waals surface area contributed by atoms with Gasteiger partial charge in [0.2, 0.25) is 0 Å². The summed E-state index contributed by atoms with van der Waals surface area (Å²) in [6.45, 7) is 4.44. The van der Waals surface area contributed by atoms with E-state index in [9.17, 15) is 0 Å². The van der Waals surface area contributed by atoms with E-state index >= 15 is 0 Å². The molecule has 0 spiro atoms. The van der Waals surface area contributed by atoms with E-state index in [0.29, 0.717) is 12.1 Å². The predicted molar refractivity (Wildman–Crippen MR) is 68.6 cm³/mol. The highest BCUT2D eigenvalue weighted by molar-refractivity contribution is 7.10. The van der Waals surface area contributed by atoms with Crippen LogP contribution in [-0.4, -0.2) is 0 Å². The highest BCUT2D eigenvalue weighted by Crippen LogP contribution is 2.24. The molecule has 0 saturated heterocycles. The zero-order valence-electron chi connectivity index (χ0n) is 8.94. The molecule has 2 atom stereocenters. The van der Waals surface area contributed by atoms with Gasteiger partial charge in [-0.15, -0.1) is 22.7 Å². The summed E-state index contributed by atoms with van der Waals surface area (Å²) in [7, 11) is 0. The summed E-state index contributed by atoms with van der Waals surface area (Å²) in [5.74, 6) is 0. The summed E-state index contributed by atoms with van der Waals surface area (Å²) in [5.41, 5.74) is 0. The lowest BCUT2D eigenvalue weighted by atomic mass is 10.2. The quantitative estimate of drug-likeness (QED) is 0.839. The van der Waals surface area contributed by atoms with Gasteiger partial charge in [0.1, 0.15) is 0 Å². The van der Waals surface area contributed by atoms with Crippen LogP contribution in [0.25, 0.3) is 0 Å². The second-order valence-electron chi connectivity index (χ2n) is 3.64. The van der Waals surface area contributed by atoms with Crippen LogP contribution >= 0.6 is 22.7 Å². The standard InChI is InChI=1S/C12H15NS2/c1-9(11-5-3-7-14-11)13-10(2)12-6-4-8-15-12/h3-10,13H,1-2H3. The van der Waals surface area contributed by atoms with Crippen molar-refractivity contribution in [2.45, 2.75) is 25.9 Å². The molecule has 1 N–H and O–H groups in total. The van der Waals surface area contributed by atoms with Crippen molar-refractivity contribution < 1.29 is 0 Å². The van der Waals surface area contributed by atoms with Crippen LogP contribution in [0, 0.1) is 0 Å². The van der Waals surface area contributed by atoms with E-state index in [1.807, 2.05) is 22.7 Å².